The van der Waals surface area contributed by atoms with Gasteiger partial charge in [-0.3, -0.25) is 0 Å². The molecule has 6 heteroatoms. The van der Waals surface area contributed by atoms with Crippen molar-refractivity contribution in [1.29, 1.82) is 0 Å². The molecule has 2 aromatic rings. The molecule has 1 unspecified atom stereocenters. The second-order valence-electron chi connectivity index (χ2n) is 4.85. The highest BCUT2D eigenvalue weighted by Gasteiger charge is 2.20. The summed E-state index contributed by atoms with van der Waals surface area (Å²) >= 11 is 5.74. The molecular weight excluding hydrogens is 281 g/mol. The van der Waals surface area contributed by atoms with E-state index in [9.17, 15) is 4.39 Å². The highest BCUT2D eigenvalue weighted by molar-refractivity contribution is 6.30. The molecule has 1 aromatic carbocycles. The lowest BCUT2D eigenvalue weighted by atomic mass is 10.0. The molecule has 0 radical (unpaired) electrons. The second-order valence-corrected chi connectivity index (χ2v) is 5.26. The molecule has 1 heterocycles. The Hall–Kier alpha value is -1.46. The number of hydrogen-bond acceptors (Lipinski definition) is 4. The van der Waals surface area contributed by atoms with Gasteiger partial charge in [-0.1, -0.05) is 49.2 Å². The van der Waals surface area contributed by atoms with Gasteiger partial charge in [-0.2, -0.15) is 4.98 Å². The Kier molecular flexibility index (Phi) is 4.73. The van der Waals surface area contributed by atoms with Gasteiger partial charge in [0.2, 0.25) is 5.89 Å². The molecule has 0 saturated heterocycles. The van der Waals surface area contributed by atoms with Crippen molar-refractivity contribution in [2.45, 2.75) is 32.7 Å². The van der Waals surface area contributed by atoms with Crippen molar-refractivity contribution >= 4 is 11.6 Å². The van der Waals surface area contributed by atoms with E-state index in [1.54, 1.807) is 12.1 Å². The molecule has 4 nitrogen and oxygen atoms in total. The van der Waals surface area contributed by atoms with E-state index in [1.165, 1.54) is 6.07 Å². The molecular formula is C14H17ClFN3O. The van der Waals surface area contributed by atoms with Gasteiger partial charge in [0.1, 0.15) is 5.82 Å². The summed E-state index contributed by atoms with van der Waals surface area (Å²) < 4.78 is 18.9. The summed E-state index contributed by atoms with van der Waals surface area (Å²) in [4.78, 5) is 4.23. The summed E-state index contributed by atoms with van der Waals surface area (Å²) in [7, 11) is 0. The maximum atomic E-state index is 13.8. The Morgan fingerprint density at radius 1 is 1.45 bits per heavy atom. The molecule has 0 saturated carbocycles. The lowest BCUT2D eigenvalue weighted by Gasteiger charge is -2.12. The lowest BCUT2D eigenvalue weighted by Crippen LogP contribution is -2.18. The molecule has 0 amide bonds. The minimum absolute atomic E-state index is 0.0857. The predicted octanol–water partition coefficient (Wildman–Crippen LogP) is 3.50. The van der Waals surface area contributed by atoms with Gasteiger partial charge in [0.15, 0.2) is 5.82 Å². The first-order valence-electron chi connectivity index (χ1n) is 6.53. The summed E-state index contributed by atoms with van der Waals surface area (Å²) in [6.45, 7) is 4.06. The smallest absolute Gasteiger partial charge is 0.243 e. The van der Waals surface area contributed by atoms with Crippen LogP contribution >= 0.6 is 11.6 Å². The van der Waals surface area contributed by atoms with E-state index in [2.05, 4.69) is 10.1 Å². The predicted molar refractivity (Wildman–Crippen MR) is 74.9 cm³/mol. The van der Waals surface area contributed by atoms with E-state index in [-0.39, 0.29) is 23.4 Å². The average molecular weight is 298 g/mol. The van der Waals surface area contributed by atoms with Gasteiger partial charge in [0, 0.05) is 6.42 Å². The van der Waals surface area contributed by atoms with Crippen LogP contribution in [0.3, 0.4) is 0 Å². The van der Waals surface area contributed by atoms with Gasteiger partial charge >= 0.3 is 0 Å². The second kappa shape index (κ2) is 6.33. The zero-order chi connectivity index (χ0) is 14.7. The van der Waals surface area contributed by atoms with Crippen LogP contribution in [0.15, 0.2) is 22.7 Å². The maximum Gasteiger partial charge on any atom is 0.243 e. The normalized spacial score (nSPS) is 14.2. The zero-order valence-corrected chi connectivity index (χ0v) is 12.2. The third-order valence-corrected chi connectivity index (χ3v) is 3.70. The van der Waals surface area contributed by atoms with Crippen LogP contribution in [0.5, 0.6) is 0 Å². The number of aromatic nitrogens is 2. The Balaban J connectivity index is 2.15. The molecule has 0 aliphatic carbocycles. The first-order chi connectivity index (χ1) is 9.52. The van der Waals surface area contributed by atoms with Crippen molar-refractivity contribution in [3.63, 3.8) is 0 Å². The molecule has 0 aliphatic heterocycles. The highest BCUT2D eigenvalue weighted by atomic mass is 35.5. The van der Waals surface area contributed by atoms with E-state index >= 15 is 0 Å². The number of halogens is 2. The summed E-state index contributed by atoms with van der Waals surface area (Å²) in [5.74, 6) is 0.578. The molecule has 2 rings (SSSR count). The molecule has 2 atom stereocenters. The lowest BCUT2D eigenvalue weighted by molar-refractivity contribution is 0.310. The molecule has 20 heavy (non-hydrogen) atoms. The fourth-order valence-corrected chi connectivity index (χ4v) is 2.02. The van der Waals surface area contributed by atoms with Crippen molar-refractivity contribution in [1.82, 2.24) is 10.1 Å². The van der Waals surface area contributed by atoms with Gasteiger partial charge in [-0.15, -0.1) is 0 Å². The van der Waals surface area contributed by atoms with Crippen molar-refractivity contribution in [3.05, 3.63) is 46.3 Å². The third-order valence-electron chi connectivity index (χ3n) is 3.41. The number of benzene rings is 1. The van der Waals surface area contributed by atoms with Crippen molar-refractivity contribution in [3.8, 4) is 0 Å². The van der Waals surface area contributed by atoms with Crippen LogP contribution in [-0.4, -0.2) is 10.1 Å². The van der Waals surface area contributed by atoms with E-state index < -0.39 is 5.82 Å². The van der Waals surface area contributed by atoms with E-state index in [4.69, 9.17) is 21.9 Å². The Bertz CT molecular complexity index is 588. The first kappa shape index (κ1) is 14.9. The van der Waals surface area contributed by atoms with Crippen LogP contribution in [-0.2, 0) is 6.42 Å². The number of hydrogen-bond donors (Lipinski definition) is 1. The fourth-order valence-electron chi connectivity index (χ4n) is 1.83. The van der Waals surface area contributed by atoms with Gasteiger partial charge in [0.25, 0.3) is 0 Å². The Morgan fingerprint density at radius 2 is 2.20 bits per heavy atom. The van der Waals surface area contributed by atoms with E-state index in [0.717, 1.165) is 6.42 Å². The largest absolute Gasteiger partial charge is 0.338 e. The average Bonchev–Trinajstić information content (AvgIpc) is 2.90. The third kappa shape index (κ3) is 3.16. The highest BCUT2D eigenvalue weighted by Crippen LogP contribution is 2.22. The Labute approximate surface area is 122 Å². The van der Waals surface area contributed by atoms with Crippen LogP contribution in [0.1, 0.15) is 43.6 Å². The van der Waals surface area contributed by atoms with Gasteiger partial charge in [-0.05, 0) is 17.5 Å². The topological polar surface area (TPSA) is 64.9 Å². The van der Waals surface area contributed by atoms with Gasteiger partial charge in [-0.25, -0.2) is 4.39 Å². The molecule has 0 spiro atoms. The van der Waals surface area contributed by atoms with Crippen LogP contribution in [0.4, 0.5) is 4.39 Å². The summed E-state index contributed by atoms with van der Waals surface area (Å²) in [6, 6.07) is 4.53. The minimum atomic E-state index is -0.452. The van der Waals surface area contributed by atoms with Crippen molar-refractivity contribution in [2.75, 3.05) is 0 Å². The summed E-state index contributed by atoms with van der Waals surface area (Å²) in [5, 5.41) is 3.93. The van der Waals surface area contributed by atoms with Crippen molar-refractivity contribution in [2.24, 2.45) is 11.7 Å². The minimum Gasteiger partial charge on any atom is -0.338 e. The number of nitrogens with two attached hydrogens (primary N) is 1. The van der Waals surface area contributed by atoms with E-state index in [0.29, 0.717) is 17.3 Å². The molecule has 108 valence electrons. The zero-order valence-electron chi connectivity index (χ0n) is 11.4. The van der Waals surface area contributed by atoms with E-state index in [1.807, 2.05) is 13.8 Å². The summed E-state index contributed by atoms with van der Waals surface area (Å²) in [5.41, 5.74) is 6.45. The first-order valence-corrected chi connectivity index (χ1v) is 6.91. The SMILES string of the molecule is CCC(C)[C@H](N)c1nc(Cc2cccc(Cl)c2F)no1. The molecule has 0 bridgehead atoms. The van der Waals surface area contributed by atoms with Gasteiger partial charge in [0.05, 0.1) is 11.1 Å². The number of nitrogens with zero attached hydrogens (tertiary/aromatic N) is 2. The number of rotatable bonds is 5. The summed E-state index contributed by atoms with van der Waals surface area (Å²) in [6.07, 6.45) is 1.14. The van der Waals surface area contributed by atoms with Crippen LogP contribution in [0.2, 0.25) is 5.02 Å². The molecule has 0 aliphatic rings. The monoisotopic (exact) mass is 297 g/mol. The molecule has 0 fully saturated rings. The van der Waals surface area contributed by atoms with Crippen LogP contribution in [0, 0.1) is 11.7 Å². The van der Waals surface area contributed by atoms with Crippen molar-refractivity contribution < 1.29 is 8.91 Å². The Morgan fingerprint density at radius 3 is 2.90 bits per heavy atom. The van der Waals surface area contributed by atoms with Crippen LogP contribution < -0.4 is 5.73 Å². The molecule has 2 N–H and O–H groups in total. The fraction of sp³-hybridized carbons (Fsp3) is 0.429. The quantitative estimate of drug-likeness (QED) is 0.917. The standard InChI is InChI=1S/C14H17ClFN3O/c1-3-8(2)13(17)14-18-11(19-20-14)7-9-5-4-6-10(15)12(9)16/h4-6,8,13H,3,7,17H2,1-2H3/t8?,13-/m0/s1. The van der Waals surface area contributed by atoms with Gasteiger partial charge < -0.3 is 10.3 Å². The van der Waals surface area contributed by atoms with Crippen LogP contribution in [0.25, 0.3) is 0 Å². The maximum absolute atomic E-state index is 13.8. The molecule has 1 aromatic heterocycles.